The molecule has 0 fully saturated rings. The number of hydrogen-bond donors (Lipinski definition) is 0. The van der Waals surface area contributed by atoms with E-state index in [1.54, 1.807) is 0 Å². The summed E-state index contributed by atoms with van der Waals surface area (Å²) in [5, 5.41) is 2.64. The molecule has 1 aliphatic rings. The fourth-order valence-electron chi connectivity index (χ4n) is 9.25. The minimum absolute atomic E-state index is 0.196. The highest BCUT2D eigenvalue weighted by Crippen LogP contribution is 2.52. The summed E-state index contributed by atoms with van der Waals surface area (Å²) in [5.74, 6) is 0. The highest BCUT2D eigenvalue weighted by molar-refractivity contribution is 7.26. The summed E-state index contributed by atoms with van der Waals surface area (Å²) in [7, 11) is 0. The molecule has 1 heterocycles. The van der Waals surface area contributed by atoms with Crippen molar-refractivity contribution in [1.29, 1.82) is 0 Å². The van der Waals surface area contributed by atoms with E-state index < -0.39 is 0 Å². The van der Waals surface area contributed by atoms with Crippen molar-refractivity contribution in [2.75, 3.05) is 4.90 Å². The van der Waals surface area contributed by atoms with Crippen molar-refractivity contribution in [2.24, 2.45) is 0 Å². The summed E-state index contributed by atoms with van der Waals surface area (Å²) < 4.78 is 2.66. The Hall–Kier alpha value is -7.00. The molecule has 0 aliphatic heterocycles. The normalized spacial score (nSPS) is 12.7. The van der Waals surface area contributed by atoms with Crippen molar-refractivity contribution < 1.29 is 0 Å². The molecule has 11 rings (SSSR count). The fourth-order valence-corrected chi connectivity index (χ4v) is 10.5. The summed E-state index contributed by atoms with van der Waals surface area (Å²) in [4.78, 5) is 2.45. The van der Waals surface area contributed by atoms with Gasteiger partial charge in [0.2, 0.25) is 0 Å². The van der Waals surface area contributed by atoms with Crippen LogP contribution in [-0.4, -0.2) is 0 Å². The molecule has 0 amide bonds. The van der Waals surface area contributed by atoms with E-state index in [0.29, 0.717) is 0 Å². The van der Waals surface area contributed by atoms with E-state index in [-0.39, 0.29) is 5.41 Å². The number of rotatable bonds is 7. The van der Waals surface area contributed by atoms with Crippen molar-refractivity contribution in [3.05, 3.63) is 223 Å². The lowest BCUT2D eigenvalue weighted by atomic mass is 9.81. The Morgan fingerprint density at radius 1 is 0.356 bits per heavy atom. The summed E-state index contributed by atoms with van der Waals surface area (Å²) >= 11 is 1.88. The largest absolute Gasteiger partial charge is 0.310 e. The minimum Gasteiger partial charge on any atom is -0.310 e. The van der Waals surface area contributed by atoms with Gasteiger partial charge in [-0.3, -0.25) is 0 Å². The molecule has 0 N–H and O–H groups in total. The maximum Gasteiger partial charge on any atom is 0.0540 e. The molecule has 0 radical (unpaired) electrons. The van der Waals surface area contributed by atoms with Crippen LogP contribution in [0, 0.1) is 0 Å². The van der Waals surface area contributed by atoms with Crippen LogP contribution in [0.4, 0.5) is 17.1 Å². The van der Waals surface area contributed by atoms with Crippen LogP contribution in [0.5, 0.6) is 0 Å². The second kappa shape index (κ2) is 14.1. The fraction of sp³-hybridized carbons (Fsp3) is 0.0526. The predicted molar refractivity (Wildman–Crippen MR) is 253 cm³/mol. The van der Waals surface area contributed by atoms with Crippen LogP contribution in [0.3, 0.4) is 0 Å². The average Bonchev–Trinajstić information content (AvgIpc) is 3.79. The van der Waals surface area contributed by atoms with E-state index in [0.717, 1.165) is 17.1 Å². The van der Waals surface area contributed by atoms with E-state index in [4.69, 9.17) is 0 Å². The molecule has 10 aromatic rings. The second-order valence-corrected chi connectivity index (χ2v) is 17.2. The first-order valence-electron chi connectivity index (χ1n) is 20.4. The zero-order valence-corrected chi connectivity index (χ0v) is 33.9. The quantitative estimate of drug-likeness (QED) is 0.156. The number of fused-ring (bicyclic) bond motifs is 6. The van der Waals surface area contributed by atoms with Gasteiger partial charge in [0.05, 0.1) is 5.69 Å². The topological polar surface area (TPSA) is 3.24 Å². The molecule has 9 aromatic carbocycles. The number of anilines is 3. The van der Waals surface area contributed by atoms with Crippen molar-refractivity contribution in [1.82, 2.24) is 0 Å². The Bertz CT molecular complexity index is 3160. The summed E-state index contributed by atoms with van der Waals surface area (Å²) in [5.41, 5.74) is 18.4. The van der Waals surface area contributed by atoms with Gasteiger partial charge in [-0.05, 0) is 104 Å². The molecule has 59 heavy (non-hydrogen) atoms. The first kappa shape index (κ1) is 35.2. The van der Waals surface area contributed by atoms with E-state index in [9.17, 15) is 0 Å². The molecule has 1 nitrogen and oxygen atoms in total. The summed E-state index contributed by atoms with van der Waals surface area (Å²) in [6.45, 7) is 4.77. The Balaban J connectivity index is 1.00. The van der Waals surface area contributed by atoms with Gasteiger partial charge in [-0.1, -0.05) is 184 Å². The van der Waals surface area contributed by atoms with Gasteiger partial charge >= 0.3 is 0 Å². The van der Waals surface area contributed by atoms with Crippen molar-refractivity contribution in [2.45, 2.75) is 19.3 Å². The molecule has 0 atom stereocenters. The SMILES string of the molecule is CC1(C)c2cc(-c3ccc(-c4ccccc4)cc3)ccc2-c2ccc(N(c3ccc(-c4cccc5c4sc4ccccc45)cc3)c3ccccc3-c3ccccc3)cc21. The third kappa shape index (κ3) is 5.99. The maximum absolute atomic E-state index is 2.45. The molecule has 0 saturated carbocycles. The molecule has 1 aromatic heterocycles. The van der Waals surface area contributed by atoms with Crippen molar-refractivity contribution in [3.8, 4) is 55.6 Å². The van der Waals surface area contributed by atoms with Gasteiger partial charge in [-0.25, -0.2) is 0 Å². The number of thiophene rings is 1. The van der Waals surface area contributed by atoms with Crippen LogP contribution in [0.2, 0.25) is 0 Å². The highest BCUT2D eigenvalue weighted by atomic mass is 32.1. The van der Waals surface area contributed by atoms with Crippen LogP contribution in [-0.2, 0) is 5.41 Å². The lowest BCUT2D eigenvalue weighted by Crippen LogP contribution is -2.17. The number of para-hydroxylation sites is 1. The zero-order chi connectivity index (χ0) is 39.5. The Kier molecular flexibility index (Phi) is 8.43. The molecular weight excluding hydrogens is 731 g/mol. The first-order chi connectivity index (χ1) is 29.0. The molecule has 0 unspecified atom stereocenters. The maximum atomic E-state index is 2.45. The molecular formula is C57H41NS. The highest BCUT2D eigenvalue weighted by Gasteiger charge is 2.36. The molecule has 280 valence electrons. The second-order valence-electron chi connectivity index (χ2n) is 16.1. The van der Waals surface area contributed by atoms with Crippen LogP contribution < -0.4 is 4.90 Å². The Labute approximate surface area is 350 Å². The molecule has 0 saturated heterocycles. The third-order valence-corrected chi connectivity index (χ3v) is 13.5. The van der Waals surface area contributed by atoms with Gasteiger partial charge in [-0.15, -0.1) is 11.3 Å². The first-order valence-corrected chi connectivity index (χ1v) is 21.2. The number of benzene rings is 9. The van der Waals surface area contributed by atoms with Gasteiger partial charge in [0.15, 0.2) is 0 Å². The van der Waals surface area contributed by atoms with E-state index >= 15 is 0 Å². The van der Waals surface area contributed by atoms with Crippen molar-refractivity contribution in [3.63, 3.8) is 0 Å². The van der Waals surface area contributed by atoms with Gasteiger partial charge in [0.25, 0.3) is 0 Å². The number of hydrogen-bond acceptors (Lipinski definition) is 2. The summed E-state index contributed by atoms with van der Waals surface area (Å²) in [6.07, 6.45) is 0. The molecule has 2 heteroatoms. The van der Waals surface area contributed by atoms with Gasteiger partial charge in [-0.2, -0.15) is 0 Å². The molecule has 1 aliphatic carbocycles. The average molecular weight is 772 g/mol. The molecule has 0 spiro atoms. The predicted octanol–water partition coefficient (Wildman–Crippen LogP) is 16.5. The van der Waals surface area contributed by atoms with E-state index in [1.807, 2.05) is 11.3 Å². The van der Waals surface area contributed by atoms with Crippen LogP contribution in [0.1, 0.15) is 25.0 Å². The van der Waals surface area contributed by atoms with E-state index in [2.05, 4.69) is 231 Å². The monoisotopic (exact) mass is 771 g/mol. The van der Waals surface area contributed by atoms with Gasteiger partial charge < -0.3 is 4.90 Å². The third-order valence-electron chi connectivity index (χ3n) is 12.3. The molecule has 0 bridgehead atoms. The van der Waals surface area contributed by atoms with Crippen LogP contribution in [0.15, 0.2) is 212 Å². The van der Waals surface area contributed by atoms with E-state index in [1.165, 1.54) is 86.9 Å². The Morgan fingerprint density at radius 3 is 1.63 bits per heavy atom. The zero-order valence-electron chi connectivity index (χ0n) is 33.1. The van der Waals surface area contributed by atoms with Gasteiger partial charge in [0, 0.05) is 42.5 Å². The Morgan fingerprint density at radius 2 is 0.864 bits per heavy atom. The van der Waals surface area contributed by atoms with Crippen LogP contribution >= 0.6 is 11.3 Å². The standard InChI is InChI=1S/C57H41NS/c1-57(2)52-36-43(40-26-24-39(25-27-40)38-14-5-3-6-15-38)30-34-48(52)49-35-33-45(37-53(49)57)58(54-22-11-9-18-46(54)41-16-7-4-8-17-41)44-31-28-42(29-32-44)47-20-13-21-51-50-19-10-12-23-55(50)59-56(47)51/h3-37H,1-2H3. The number of nitrogens with zero attached hydrogens (tertiary/aromatic N) is 1. The minimum atomic E-state index is -0.196. The van der Waals surface area contributed by atoms with Crippen LogP contribution in [0.25, 0.3) is 75.8 Å². The van der Waals surface area contributed by atoms with Crippen molar-refractivity contribution >= 4 is 48.6 Å². The smallest absolute Gasteiger partial charge is 0.0540 e. The summed E-state index contributed by atoms with van der Waals surface area (Å²) in [6, 6.07) is 78.0. The lowest BCUT2D eigenvalue weighted by Gasteiger charge is -2.30. The van der Waals surface area contributed by atoms with Gasteiger partial charge in [0.1, 0.15) is 0 Å². The lowest BCUT2D eigenvalue weighted by molar-refractivity contribution is 0.660.